The molecule has 3 rings (SSSR count). The van der Waals surface area contributed by atoms with Crippen molar-refractivity contribution >= 4 is 46.4 Å². The number of amides is 3. The lowest BCUT2D eigenvalue weighted by atomic mass is 10.0. The van der Waals surface area contributed by atoms with E-state index in [1.54, 1.807) is 24.3 Å². The van der Waals surface area contributed by atoms with Crippen LogP contribution in [0, 0.1) is 5.82 Å². The van der Waals surface area contributed by atoms with Crippen LogP contribution in [0.4, 0.5) is 21.5 Å². The molecule has 0 fully saturated rings. The van der Waals surface area contributed by atoms with Crippen molar-refractivity contribution in [3.05, 3.63) is 52.8 Å². The van der Waals surface area contributed by atoms with Gasteiger partial charge in [-0.15, -0.1) is 0 Å². The molecule has 0 atom stereocenters. The second-order valence-corrected chi connectivity index (χ2v) is 7.22. The van der Waals surface area contributed by atoms with Crippen LogP contribution in [-0.2, 0) is 20.8 Å². The number of fused-ring (bicyclic) bond motifs is 1. The zero-order chi connectivity index (χ0) is 21.7. The fourth-order valence-corrected chi connectivity index (χ4v) is 3.30. The van der Waals surface area contributed by atoms with E-state index in [1.807, 2.05) is 11.8 Å². The molecule has 2 aromatic carbocycles. The Labute approximate surface area is 178 Å². The van der Waals surface area contributed by atoms with Gasteiger partial charge in [-0.05, 0) is 55.3 Å². The maximum Gasteiger partial charge on any atom is 0.313 e. The first kappa shape index (κ1) is 21.6. The van der Waals surface area contributed by atoms with Gasteiger partial charge in [0.2, 0.25) is 5.91 Å². The van der Waals surface area contributed by atoms with Crippen molar-refractivity contribution in [1.29, 1.82) is 0 Å². The van der Waals surface area contributed by atoms with Gasteiger partial charge in [-0.3, -0.25) is 14.4 Å². The van der Waals surface area contributed by atoms with Gasteiger partial charge in [-0.25, -0.2) is 4.39 Å². The van der Waals surface area contributed by atoms with Crippen molar-refractivity contribution in [3.8, 4) is 0 Å². The Morgan fingerprint density at radius 2 is 1.97 bits per heavy atom. The zero-order valence-corrected chi connectivity index (χ0v) is 17.2. The fraction of sp³-hybridized carbons (Fsp3) is 0.286. The number of benzene rings is 2. The van der Waals surface area contributed by atoms with E-state index < -0.39 is 17.6 Å². The number of hydrogen-bond acceptors (Lipinski definition) is 4. The molecule has 3 amide bonds. The Morgan fingerprint density at radius 3 is 2.70 bits per heavy atom. The molecule has 1 heterocycles. The fourth-order valence-electron chi connectivity index (χ4n) is 3.19. The first-order valence-corrected chi connectivity index (χ1v) is 9.97. The molecule has 1 aliphatic rings. The third-order valence-corrected chi connectivity index (χ3v) is 5.09. The number of anilines is 3. The number of aryl methyl sites for hydroxylation is 1. The summed E-state index contributed by atoms with van der Waals surface area (Å²) in [6.07, 6.45) is 0.964. The summed E-state index contributed by atoms with van der Waals surface area (Å²) < 4.78 is 13.7. The highest BCUT2D eigenvalue weighted by Crippen LogP contribution is 2.25. The van der Waals surface area contributed by atoms with Gasteiger partial charge in [0.15, 0.2) is 0 Å². The molecule has 3 N–H and O–H groups in total. The molecule has 0 unspecified atom stereocenters. The van der Waals surface area contributed by atoms with Crippen LogP contribution in [0.5, 0.6) is 0 Å². The van der Waals surface area contributed by atoms with E-state index >= 15 is 0 Å². The summed E-state index contributed by atoms with van der Waals surface area (Å²) in [6.45, 7) is 3.10. The average Bonchev–Trinajstić information content (AvgIpc) is 2.73. The monoisotopic (exact) mass is 432 g/mol. The van der Waals surface area contributed by atoms with E-state index in [2.05, 4.69) is 16.0 Å². The molecule has 1 aliphatic heterocycles. The number of likely N-dealkylation sites (N-methyl/N-ethyl adjacent to an activating group) is 1. The van der Waals surface area contributed by atoms with Gasteiger partial charge in [0.1, 0.15) is 5.82 Å². The van der Waals surface area contributed by atoms with Crippen molar-refractivity contribution in [2.45, 2.75) is 19.8 Å². The second kappa shape index (κ2) is 9.58. The lowest BCUT2D eigenvalue weighted by Gasteiger charge is -2.23. The molecule has 0 spiro atoms. The Bertz CT molecular complexity index is 983. The lowest BCUT2D eigenvalue weighted by molar-refractivity contribution is -0.136. The Morgan fingerprint density at radius 1 is 1.17 bits per heavy atom. The average molecular weight is 433 g/mol. The maximum absolute atomic E-state index is 13.7. The van der Waals surface area contributed by atoms with E-state index in [0.717, 1.165) is 5.56 Å². The topological polar surface area (TPSA) is 90.5 Å². The summed E-state index contributed by atoms with van der Waals surface area (Å²) in [5, 5.41) is 7.93. The zero-order valence-electron chi connectivity index (χ0n) is 16.4. The highest BCUT2D eigenvalue weighted by atomic mass is 35.5. The first-order valence-electron chi connectivity index (χ1n) is 9.59. The van der Waals surface area contributed by atoms with Gasteiger partial charge in [-0.1, -0.05) is 11.6 Å². The van der Waals surface area contributed by atoms with Crippen LogP contribution in [-0.4, -0.2) is 37.4 Å². The van der Waals surface area contributed by atoms with Crippen LogP contribution in [0.25, 0.3) is 0 Å². The number of nitrogens with one attached hydrogen (secondary N) is 3. The van der Waals surface area contributed by atoms with E-state index in [1.165, 1.54) is 12.1 Å². The minimum atomic E-state index is -0.782. The Hall–Kier alpha value is -3.13. The molecule has 30 heavy (non-hydrogen) atoms. The van der Waals surface area contributed by atoms with Crippen LogP contribution < -0.4 is 20.9 Å². The highest BCUT2D eigenvalue weighted by molar-refractivity contribution is 6.39. The smallest absolute Gasteiger partial charge is 0.313 e. The standard InChI is InChI=1S/C21H22ClFN4O3/c1-2-27(15-5-6-16(22)17(23)12-15)10-9-24-20(29)21(30)25-14-4-7-18-13(11-14)3-8-19(28)26-18/h4-7,11-12H,2-3,8-10H2,1H3,(H,24,29)(H,25,30)(H,26,28). The van der Waals surface area contributed by atoms with Gasteiger partial charge in [0.05, 0.1) is 5.02 Å². The number of nitrogens with zero attached hydrogens (tertiary/aromatic N) is 1. The number of halogens is 2. The third kappa shape index (κ3) is 5.27. The molecular formula is C21H22ClFN4O3. The second-order valence-electron chi connectivity index (χ2n) is 6.81. The van der Waals surface area contributed by atoms with E-state index in [-0.39, 0.29) is 17.5 Å². The molecule has 0 saturated heterocycles. The van der Waals surface area contributed by atoms with Crippen molar-refractivity contribution < 1.29 is 18.8 Å². The van der Waals surface area contributed by atoms with E-state index in [4.69, 9.17) is 11.6 Å². The van der Waals surface area contributed by atoms with Gasteiger partial charge >= 0.3 is 11.8 Å². The molecule has 0 bridgehead atoms. The number of rotatable bonds is 6. The predicted octanol–water partition coefficient (Wildman–Crippen LogP) is 2.95. The summed E-state index contributed by atoms with van der Waals surface area (Å²) in [5.41, 5.74) is 2.74. The van der Waals surface area contributed by atoms with Gasteiger partial charge in [0, 0.05) is 43.1 Å². The molecule has 0 saturated carbocycles. The summed E-state index contributed by atoms with van der Waals surface area (Å²) >= 11 is 5.71. The van der Waals surface area contributed by atoms with Crippen LogP contribution in [0.3, 0.4) is 0 Å². The molecule has 158 valence electrons. The highest BCUT2D eigenvalue weighted by Gasteiger charge is 2.18. The SMILES string of the molecule is CCN(CCNC(=O)C(=O)Nc1ccc2c(c1)CCC(=O)N2)c1ccc(Cl)c(F)c1. The molecular weight excluding hydrogens is 411 g/mol. The molecule has 2 aromatic rings. The van der Waals surface area contributed by atoms with Crippen LogP contribution in [0.2, 0.25) is 5.02 Å². The van der Waals surface area contributed by atoms with Crippen molar-refractivity contribution in [2.24, 2.45) is 0 Å². The number of carbonyl (C=O) groups excluding carboxylic acids is 3. The predicted molar refractivity (Wildman–Crippen MR) is 114 cm³/mol. The van der Waals surface area contributed by atoms with E-state index in [9.17, 15) is 18.8 Å². The van der Waals surface area contributed by atoms with Crippen LogP contribution >= 0.6 is 11.6 Å². The Kier molecular flexibility index (Phi) is 6.89. The first-order chi connectivity index (χ1) is 14.4. The Balaban J connectivity index is 1.51. The molecule has 0 aliphatic carbocycles. The van der Waals surface area contributed by atoms with Crippen LogP contribution in [0.15, 0.2) is 36.4 Å². The summed E-state index contributed by atoms with van der Waals surface area (Å²) in [6, 6.07) is 9.58. The van der Waals surface area contributed by atoms with Gasteiger partial charge < -0.3 is 20.9 Å². The summed E-state index contributed by atoms with van der Waals surface area (Å²) in [4.78, 5) is 37.5. The minimum absolute atomic E-state index is 0.0406. The summed E-state index contributed by atoms with van der Waals surface area (Å²) in [5.74, 6) is -2.10. The minimum Gasteiger partial charge on any atom is -0.370 e. The van der Waals surface area contributed by atoms with Crippen LogP contribution in [0.1, 0.15) is 18.9 Å². The molecule has 9 heteroatoms. The number of hydrogen-bond donors (Lipinski definition) is 3. The quantitative estimate of drug-likeness (QED) is 0.612. The molecule has 0 aromatic heterocycles. The largest absolute Gasteiger partial charge is 0.370 e. The van der Waals surface area contributed by atoms with Crippen molar-refractivity contribution in [2.75, 3.05) is 35.2 Å². The van der Waals surface area contributed by atoms with Gasteiger partial charge in [-0.2, -0.15) is 0 Å². The maximum atomic E-state index is 13.7. The lowest BCUT2D eigenvalue weighted by Crippen LogP contribution is -2.40. The number of carbonyl (C=O) groups is 3. The van der Waals surface area contributed by atoms with Gasteiger partial charge in [0.25, 0.3) is 0 Å². The third-order valence-electron chi connectivity index (χ3n) is 4.78. The van der Waals surface area contributed by atoms with E-state index in [0.29, 0.717) is 43.0 Å². The summed E-state index contributed by atoms with van der Waals surface area (Å²) in [7, 11) is 0. The van der Waals surface area contributed by atoms with Crippen molar-refractivity contribution in [3.63, 3.8) is 0 Å². The normalized spacial score (nSPS) is 12.6. The molecule has 7 nitrogen and oxygen atoms in total. The molecule has 0 radical (unpaired) electrons. The van der Waals surface area contributed by atoms with Crippen molar-refractivity contribution in [1.82, 2.24) is 5.32 Å².